The first-order valence-electron chi connectivity index (χ1n) is 6.37. The van der Waals surface area contributed by atoms with Crippen LogP contribution in [0.4, 0.5) is 0 Å². The molecule has 0 aliphatic carbocycles. The molecule has 96 valence electrons. The fraction of sp³-hybridized carbons (Fsp3) is 0.333. The smallest absolute Gasteiger partial charge is 0.0550 e. The van der Waals surface area contributed by atoms with Crippen LogP contribution in [0.2, 0.25) is 0 Å². The molecule has 1 unspecified atom stereocenters. The van der Waals surface area contributed by atoms with E-state index in [2.05, 4.69) is 54.8 Å². The Morgan fingerprint density at radius 2 is 1.94 bits per heavy atom. The topological polar surface area (TPSA) is 38.0 Å². The van der Waals surface area contributed by atoms with Gasteiger partial charge in [-0.3, -0.25) is 11.3 Å². The van der Waals surface area contributed by atoms with E-state index < -0.39 is 0 Å². The van der Waals surface area contributed by atoms with E-state index in [9.17, 15) is 0 Å². The first-order chi connectivity index (χ1) is 8.85. The lowest BCUT2D eigenvalue weighted by Crippen LogP contribution is -2.29. The van der Waals surface area contributed by atoms with Crippen LogP contribution in [0.5, 0.6) is 0 Å². The molecule has 18 heavy (non-hydrogen) atoms. The molecular formula is C15H20N2S. The number of hydrazine groups is 1. The molecule has 0 bridgehead atoms. The van der Waals surface area contributed by atoms with Gasteiger partial charge >= 0.3 is 0 Å². The van der Waals surface area contributed by atoms with Gasteiger partial charge in [-0.25, -0.2) is 0 Å². The van der Waals surface area contributed by atoms with Crippen LogP contribution in [0.15, 0.2) is 42.5 Å². The van der Waals surface area contributed by atoms with Crippen LogP contribution in [0.25, 0.3) is 10.8 Å². The molecule has 1 atom stereocenters. The Kier molecular flexibility index (Phi) is 5.05. The summed E-state index contributed by atoms with van der Waals surface area (Å²) >= 11 is 1.94. The molecule has 0 heterocycles. The van der Waals surface area contributed by atoms with Gasteiger partial charge in [0.1, 0.15) is 0 Å². The predicted octanol–water partition coefficient (Wildman–Crippen LogP) is 3.49. The fourth-order valence-electron chi connectivity index (χ4n) is 2.01. The molecule has 2 aromatic rings. The van der Waals surface area contributed by atoms with Crippen molar-refractivity contribution in [3.8, 4) is 0 Å². The van der Waals surface area contributed by atoms with Crippen molar-refractivity contribution in [2.24, 2.45) is 5.84 Å². The Balaban J connectivity index is 2.17. The van der Waals surface area contributed by atoms with Gasteiger partial charge in [0.15, 0.2) is 0 Å². The quantitative estimate of drug-likeness (QED) is 0.474. The zero-order chi connectivity index (χ0) is 12.8. The largest absolute Gasteiger partial charge is 0.271 e. The van der Waals surface area contributed by atoms with E-state index in [0.717, 1.165) is 5.75 Å². The summed E-state index contributed by atoms with van der Waals surface area (Å²) in [6, 6.07) is 15.2. The van der Waals surface area contributed by atoms with Gasteiger partial charge in [-0.1, -0.05) is 43.3 Å². The molecule has 2 rings (SSSR count). The Morgan fingerprint density at radius 1 is 1.17 bits per heavy atom. The number of fused-ring (bicyclic) bond motifs is 1. The minimum atomic E-state index is 0.228. The molecule has 3 heteroatoms. The second kappa shape index (κ2) is 6.78. The molecule has 3 N–H and O–H groups in total. The van der Waals surface area contributed by atoms with Gasteiger partial charge in [0.2, 0.25) is 0 Å². The molecule has 0 aliphatic heterocycles. The van der Waals surface area contributed by atoms with Crippen LogP contribution < -0.4 is 11.3 Å². The van der Waals surface area contributed by atoms with Crippen LogP contribution in [0.1, 0.15) is 24.9 Å². The summed E-state index contributed by atoms with van der Waals surface area (Å²) in [5.74, 6) is 7.87. The van der Waals surface area contributed by atoms with Crippen LogP contribution >= 0.6 is 11.8 Å². The maximum atomic E-state index is 5.67. The summed E-state index contributed by atoms with van der Waals surface area (Å²) in [7, 11) is 0. The average Bonchev–Trinajstić information content (AvgIpc) is 2.43. The van der Waals surface area contributed by atoms with E-state index in [-0.39, 0.29) is 6.04 Å². The van der Waals surface area contributed by atoms with Crippen molar-refractivity contribution in [3.05, 3.63) is 48.0 Å². The lowest BCUT2D eigenvalue weighted by atomic mass is 10.0. The van der Waals surface area contributed by atoms with Gasteiger partial charge in [0.05, 0.1) is 6.04 Å². The second-order valence-corrected chi connectivity index (χ2v) is 5.55. The number of rotatable bonds is 6. The number of thioether (sulfide) groups is 1. The zero-order valence-electron chi connectivity index (χ0n) is 10.7. The van der Waals surface area contributed by atoms with Crippen LogP contribution in [0.3, 0.4) is 0 Å². The molecule has 2 nitrogen and oxygen atoms in total. The Labute approximate surface area is 113 Å². The van der Waals surface area contributed by atoms with Gasteiger partial charge in [0, 0.05) is 5.75 Å². The Morgan fingerprint density at radius 3 is 2.67 bits per heavy atom. The SMILES string of the molecule is CCCSCC(NN)c1ccc2ccccc2c1. The summed E-state index contributed by atoms with van der Waals surface area (Å²) in [5.41, 5.74) is 4.18. The number of hydrogen-bond donors (Lipinski definition) is 2. The third-order valence-electron chi connectivity index (χ3n) is 3.01. The molecule has 0 aromatic heterocycles. The fourth-order valence-corrected chi connectivity index (χ4v) is 2.99. The molecule has 0 aliphatic rings. The van der Waals surface area contributed by atoms with Gasteiger partial charge in [0.25, 0.3) is 0 Å². The number of nitrogens with two attached hydrogens (primary N) is 1. The summed E-state index contributed by atoms with van der Waals surface area (Å²) in [6.07, 6.45) is 1.21. The highest BCUT2D eigenvalue weighted by Crippen LogP contribution is 2.22. The van der Waals surface area contributed by atoms with Gasteiger partial charge < -0.3 is 0 Å². The highest BCUT2D eigenvalue weighted by molar-refractivity contribution is 7.99. The van der Waals surface area contributed by atoms with E-state index in [0.29, 0.717) is 0 Å². The zero-order valence-corrected chi connectivity index (χ0v) is 11.5. The summed E-state index contributed by atoms with van der Waals surface area (Å²) in [6.45, 7) is 2.20. The Bertz CT molecular complexity index is 499. The van der Waals surface area contributed by atoms with Crippen molar-refractivity contribution in [3.63, 3.8) is 0 Å². The van der Waals surface area contributed by atoms with E-state index in [1.165, 1.54) is 28.5 Å². The van der Waals surface area contributed by atoms with Crippen molar-refractivity contribution in [1.82, 2.24) is 5.43 Å². The monoisotopic (exact) mass is 260 g/mol. The lowest BCUT2D eigenvalue weighted by molar-refractivity contribution is 0.611. The van der Waals surface area contributed by atoms with Crippen LogP contribution in [-0.2, 0) is 0 Å². The van der Waals surface area contributed by atoms with E-state index in [1.807, 2.05) is 11.8 Å². The summed E-state index contributed by atoms with van der Waals surface area (Å²) in [4.78, 5) is 0. The minimum Gasteiger partial charge on any atom is -0.271 e. The third-order valence-corrected chi connectivity index (χ3v) is 4.28. The standard InChI is InChI=1S/C15H20N2S/c1-2-9-18-11-15(17-16)14-8-7-12-5-3-4-6-13(12)10-14/h3-8,10,15,17H,2,9,11,16H2,1H3. The second-order valence-electron chi connectivity index (χ2n) is 4.40. The predicted molar refractivity (Wildman–Crippen MR) is 81.6 cm³/mol. The average molecular weight is 260 g/mol. The van der Waals surface area contributed by atoms with E-state index in [4.69, 9.17) is 5.84 Å². The maximum Gasteiger partial charge on any atom is 0.0550 e. The van der Waals surface area contributed by atoms with Crippen LogP contribution in [0, 0.1) is 0 Å². The summed E-state index contributed by atoms with van der Waals surface area (Å²) < 4.78 is 0. The number of nitrogens with one attached hydrogen (secondary N) is 1. The molecule has 0 saturated carbocycles. The Hall–Kier alpha value is -1.03. The van der Waals surface area contributed by atoms with Crippen molar-refractivity contribution in [1.29, 1.82) is 0 Å². The van der Waals surface area contributed by atoms with Crippen molar-refractivity contribution >= 4 is 22.5 Å². The molecule has 0 fully saturated rings. The van der Waals surface area contributed by atoms with Crippen LogP contribution in [-0.4, -0.2) is 11.5 Å². The highest BCUT2D eigenvalue weighted by Gasteiger charge is 2.09. The first kappa shape index (κ1) is 13.4. The molecule has 0 amide bonds. The number of benzene rings is 2. The summed E-state index contributed by atoms with van der Waals surface area (Å²) in [5, 5.41) is 2.55. The maximum absolute atomic E-state index is 5.67. The normalized spacial score (nSPS) is 12.8. The van der Waals surface area contributed by atoms with Crippen molar-refractivity contribution in [2.75, 3.05) is 11.5 Å². The molecular weight excluding hydrogens is 240 g/mol. The first-order valence-corrected chi connectivity index (χ1v) is 7.53. The number of hydrogen-bond acceptors (Lipinski definition) is 3. The molecule has 0 radical (unpaired) electrons. The van der Waals surface area contributed by atoms with Gasteiger partial charge in [-0.2, -0.15) is 11.8 Å². The van der Waals surface area contributed by atoms with Crippen molar-refractivity contribution < 1.29 is 0 Å². The van der Waals surface area contributed by atoms with Gasteiger partial charge in [-0.15, -0.1) is 0 Å². The molecule has 0 saturated heterocycles. The van der Waals surface area contributed by atoms with Crippen molar-refractivity contribution in [2.45, 2.75) is 19.4 Å². The minimum absolute atomic E-state index is 0.228. The van der Waals surface area contributed by atoms with E-state index >= 15 is 0 Å². The lowest BCUT2D eigenvalue weighted by Gasteiger charge is -2.16. The highest BCUT2D eigenvalue weighted by atomic mass is 32.2. The third kappa shape index (κ3) is 3.25. The molecule has 0 spiro atoms. The molecule has 2 aromatic carbocycles. The van der Waals surface area contributed by atoms with E-state index in [1.54, 1.807) is 0 Å². The van der Waals surface area contributed by atoms with Gasteiger partial charge in [-0.05, 0) is 34.6 Å².